The van der Waals surface area contributed by atoms with Crippen LogP contribution in [0.1, 0.15) is 11.1 Å². The summed E-state index contributed by atoms with van der Waals surface area (Å²) in [6, 6.07) is 4.70. The van der Waals surface area contributed by atoms with Crippen molar-refractivity contribution in [1.82, 2.24) is 0 Å². The average Bonchev–Trinajstić information content (AvgIpc) is 2.08. The highest BCUT2D eigenvalue weighted by molar-refractivity contribution is 5.85. The van der Waals surface area contributed by atoms with E-state index in [0.717, 1.165) is 17.5 Å². The standard InChI is InChI=1S/C10H14FN3.ClH/c1-7-6-9(11)3-2-8(7)4-5-14-10(12)13;/h2-3,6H,4-5H2,1H3,(H4,12,13,14);1H. The first kappa shape index (κ1) is 13.7. The number of rotatable bonds is 3. The van der Waals surface area contributed by atoms with Gasteiger partial charge in [0.1, 0.15) is 5.82 Å². The van der Waals surface area contributed by atoms with Gasteiger partial charge in [0.05, 0.1) is 0 Å². The molecule has 5 heteroatoms. The van der Waals surface area contributed by atoms with Crippen molar-refractivity contribution in [3.8, 4) is 0 Å². The van der Waals surface area contributed by atoms with Crippen molar-refractivity contribution in [3.63, 3.8) is 0 Å². The number of guanidine groups is 1. The van der Waals surface area contributed by atoms with Crippen LogP contribution in [0.3, 0.4) is 0 Å². The molecule has 0 saturated carbocycles. The van der Waals surface area contributed by atoms with Crippen LogP contribution in [0.2, 0.25) is 0 Å². The maximum absolute atomic E-state index is 12.7. The molecule has 0 saturated heterocycles. The monoisotopic (exact) mass is 231 g/mol. The summed E-state index contributed by atoms with van der Waals surface area (Å²) in [6.45, 7) is 2.41. The lowest BCUT2D eigenvalue weighted by atomic mass is 10.1. The molecule has 3 nitrogen and oxygen atoms in total. The van der Waals surface area contributed by atoms with Crippen LogP contribution in [0.25, 0.3) is 0 Å². The zero-order valence-electron chi connectivity index (χ0n) is 8.53. The lowest BCUT2D eigenvalue weighted by Crippen LogP contribution is -2.23. The number of benzene rings is 1. The molecule has 0 spiro atoms. The Morgan fingerprint density at radius 1 is 1.40 bits per heavy atom. The Morgan fingerprint density at radius 3 is 2.60 bits per heavy atom. The number of nitrogens with two attached hydrogens (primary N) is 2. The Labute approximate surface area is 94.8 Å². The highest BCUT2D eigenvalue weighted by Gasteiger charge is 1.99. The van der Waals surface area contributed by atoms with E-state index < -0.39 is 0 Å². The largest absolute Gasteiger partial charge is 0.370 e. The van der Waals surface area contributed by atoms with Crippen molar-refractivity contribution in [3.05, 3.63) is 35.1 Å². The van der Waals surface area contributed by atoms with Gasteiger partial charge in [-0.15, -0.1) is 12.4 Å². The van der Waals surface area contributed by atoms with Gasteiger partial charge in [-0.2, -0.15) is 0 Å². The van der Waals surface area contributed by atoms with E-state index in [1.54, 1.807) is 6.07 Å². The van der Waals surface area contributed by atoms with Crippen LogP contribution in [0.5, 0.6) is 0 Å². The third-order valence-corrected chi connectivity index (χ3v) is 1.98. The van der Waals surface area contributed by atoms with Gasteiger partial charge in [0.15, 0.2) is 5.96 Å². The normalized spacial score (nSPS) is 9.20. The van der Waals surface area contributed by atoms with Gasteiger partial charge in [-0.25, -0.2) is 4.39 Å². The van der Waals surface area contributed by atoms with Gasteiger partial charge in [-0.05, 0) is 36.6 Å². The molecule has 1 rings (SSSR count). The van der Waals surface area contributed by atoms with Gasteiger partial charge >= 0.3 is 0 Å². The predicted molar refractivity (Wildman–Crippen MR) is 62.8 cm³/mol. The van der Waals surface area contributed by atoms with Gasteiger partial charge in [0.2, 0.25) is 0 Å². The Kier molecular flexibility index (Phi) is 5.70. The SMILES string of the molecule is Cc1cc(F)ccc1CCN=C(N)N.Cl. The fourth-order valence-electron chi connectivity index (χ4n) is 1.25. The lowest BCUT2D eigenvalue weighted by molar-refractivity contribution is 0.625. The number of hydrogen-bond acceptors (Lipinski definition) is 1. The van der Waals surface area contributed by atoms with Crippen LogP contribution < -0.4 is 11.5 Å². The molecule has 0 bridgehead atoms. The molecule has 0 aliphatic carbocycles. The summed E-state index contributed by atoms with van der Waals surface area (Å²) in [7, 11) is 0. The van der Waals surface area contributed by atoms with Crippen molar-refractivity contribution in [1.29, 1.82) is 0 Å². The topological polar surface area (TPSA) is 64.4 Å². The second-order valence-corrected chi connectivity index (χ2v) is 3.13. The molecule has 0 aliphatic heterocycles. The number of halogens is 2. The third-order valence-electron chi connectivity index (χ3n) is 1.98. The van der Waals surface area contributed by atoms with E-state index in [1.165, 1.54) is 12.1 Å². The summed E-state index contributed by atoms with van der Waals surface area (Å²) < 4.78 is 12.7. The summed E-state index contributed by atoms with van der Waals surface area (Å²) in [6.07, 6.45) is 0.726. The molecule has 0 unspecified atom stereocenters. The Hall–Kier alpha value is -1.29. The Morgan fingerprint density at radius 2 is 2.07 bits per heavy atom. The van der Waals surface area contributed by atoms with Gasteiger partial charge in [-0.1, -0.05) is 6.07 Å². The zero-order chi connectivity index (χ0) is 10.6. The minimum atomic E-state index is -0.215. The van der Waals surface area contributed by atoms with Crippen molar-refractivity contribution in [2.75, 3.05) is 6.54 Å². The zero-order valence-corrected chi connectivity index (χ0v) is 9.35. The van der Waals surface area contributed by atoms with E-state index in [9.17, 15) is 4.39 Å². The fourth-order valence-corrected chi connectivity index (χ4v) is 1.25. The van der Waals surface area contributed by atoms with Crippen molar-refractivity contribution in [2.45, 2.75) is 13.3 Å². The summed E-state index contributed by atoms with van der Waals surface area (Å²) in [5, 5.41) is 0. The molecule has 0 fully saturated rings. The van der Waals surface area contributed by atoms with Crippen LogP contribution in [0, 0.1) is 12.7 Å². The van der Waals surface area contributed by atoms with E-state index in [2.05, 4.69) is 4.99 Å². The van der Waals surface area contributed by atoms with Gasteiger partial charge < -0.3 is 11.5 Å². The number of aryl methyl sites for hydroxylation is 1. The first-order chi connectivity index (χ1) is 6.59. The molecular weight excluding hydrogens is 217 g/mol. The molecule has 1 aromatic carbocycles. The van der Waals surface area contributed by atoms with Crippen LogP contribution >= 0.6 is 12.4 Å². The lowest BCUT2D eigenvalue weighted by Gasteiger charge is -2.03. The summed E-state index contributed by atoms with van der Waals surface area (Å²) in [4.78, 5) is 3.86. The molecule has 0 amide bonds. The number of hydrogen-bond donors (Lipinski definition) is 2. The molecular formula is C10H15ClFN3. The number of aliphatic imine (C=N–C) groups is 1. The second-order valence-electron chi connectivity index (χ2n) is 3.13. The quantitative estimate of drug-likeness (QED) is 0.610. The smallest absolute Gasteiger partial charge is 0.185 e. The second kappa shape index (κ2) is 6.24. The molecule has 0 aromatic heterocycles. The first-order valence-electron chi connectivity index (χ1n) is 4.40. The Balaban J connectivity index is 0.00000196. The maximum atomic E-state index is 12.7. The highest BCUT2D eigenvalue weighted by atomic mass is 35.5. The fraction of sp³-hybridized carbons (Fsp3) is 0.300. The maximum Gasteiger partial charge on any atom is 0.185 e. The minimum Gasteiger partial charge on any atom is -0.370 e. The van der Waals surface area contributed by atoms with Crippen LogP contribution in [-0.2, 0) is 6.42 Å². The third kappa shape index (κ3) is 4.65. The molecule has 0 atom stereocenters. The molecule has 0 radical (unpaired) electrons. The van der Waals surface area contributed by atoms with Gasteiger partial charge in [0.25, 0.3) is 0 Å². The predicted octanol–water partition coefficient (Wildman–Crippen LogP) is 1.37. The summed E-state index contributed by atoms with van der Waals surface area (Å²) >= 11 is 0. The average molecular weight is 232 g/mol. The Bertz CT molecular complexity index is 349. The van der Waals surface area contributed by atoms with Gasteiger partial charge in [-0.3, -0.25) is 4.99 Å². The van der Waals surface area contributed by atoms with Crippen LogP contribution in [0.15, 0.2) is 23.2 Å². The van der Waals surface area contributed by atoms with E-state index in [-0.39, 0.29) is 24.2 Å². The molecule has 84 valence electrons. The van der Waals surface area contributed by atoms with Gasteiger partial charge in [0, 0.05) is 6.54 Å². The summed E-state index contributed by atoms with van der Waals surface area (Å²) in [5.74, 6) is -0.127. The van der Waals surface area contributed by atoms with E-state index in [0.29, 0.717) is 6.54 Å². The summed E-state index contributed by atoms with van der Waals surface area (Å²) in [5.41, 5.74) is 12.4. The minimum absolute atomic E-state index is 0. The van der Waals surface area contributed by atoms with E-state index >= 15 is 0 Å². The van der Waals surface area contributed by atoms with E-state index in [4.69, 9.17) is 11.5 Å². The molecule has 15 heavy (non-hydrogen) atoms. The molecule has 0 heterocycles. The van der Waals surface area contributed by atoms with Crippen molar-refractivity contribution >= 4 is 18.4 Å². The van der Waals surface area contributed by atoms with Crippen LogP contribution in [-0.4, -0.2) is 12.5 Å². The first-order valence-corrected chi connectivity index (χ1v) is 4.40. The van der Waals surface area contributed by atoms with Crippen molar-refractivity contribution in [2.24, 2.45) is 16.5 Å². The van der Waals surface area contributed by atoms with Crippen LogP contribution in [0.4, 0.5) is 4.39 Å². The number of nitrogens with zero attached hydrogens (tertiary/aromatic N) is 1. The van der Waals surface area contributed by atoms with E-state index in [1.807, 2.05) is 6.92 Å². The van der Waals surface area contributed by atoms with Crippen molar-refractivity contribution < 1.29 is 4.39 Å². The molecule has 0 aliphatic rings. The molecule has 4 N–H and O–H groups in total. The molecule has 1 aromatic rings. The highest BCUT2D eigenvalue weighted by Crippen LogP contribution is 2.10.